The second-order valence-corrected chi connectivity index (χ2v) is 2.29. The van der Waals surface area contributed by atoms with Crippen molar-refractivity contribution >= 4 is 15.7 Å². The van der Waals surface area contributed by atoms with Crippen LogP contribution >= 0.6 is 0 Å². The van der Waals surface area contributed by atoms with Crippen LogP contribution in [0.4, 0.5) is 0 Å². The van der Waals surface area contributed by atoms with E-state index in [9.17, 15) is 4.79 Å². The molecule has 0 saturated heterocycles. The fourth-order valence-electron chi connectivity index (χ4n) is 0.176. The van der Waals surface area contributed by atoms with E-state index in [4.69, 9.17) is 0 Å². The highest BCUT2D eigenvalue weighted by atomic mass is 28.2. The van der Waals surface area contributed by atoms with Crippen molar-refractivity contribution in [1.29, 1.82) is 0 Å². The summed E-state index contributed by atoms with van der Waals surface area (Å²) in [6.45, 7) is 4.82. The lowest BCUT2D eigenvalue weighted by molar-refractivity contribution is -0.131. The molecule has 0 amide bonds. The van der Waals surface area contributed by atoms with Gasteiger partial charge in [0.1, 0.15) is 0 Å². The molecule has 0 aromatic heterocycles. The van der Waals surface area contributed by atoms with E-state index in [0.717, 1.165) is 0 Å². The number of carbonyl (C=O) groups excluding carboxylic acids is 1. The van der Waals surface area contributed by atoms with Crippen molar-refractivity contribution in [3.05, 3.63) is 12.3 Å². The first-order chi connectivity index (χ1) is 3.27. The van der Waals surface area contributed by atoms with Crippen LogP contribution in [0.5, 0.6) is 0 Å². The van der Waals surface area contributed by atoms with Gasteiger partial charge in [0.15, 0.2) is 0 Å². The third kappa shape index (κ3) is 5.43. The lowest BCUT2D eigenvalue weighted by Crippen LogP contribution is -2.00. The number of hydrogen-bond donors (Lipinski definition) is 0. The molecular formula is C4H8O2Si. The van der Waals surface area contributed by atoms with E-state index >= 15 is 0 Å². The Balaban J connectivity index is 2.97. The van der Waals surface area contributed by atoms with Crippen molar-refractivity contribution in [1.82, 2.24) is 0 Å². The maximum Gasteiger partial charge on any atom is 0.289 e. The Labute approximate surface area is 45.1 Å². The predicted molar refractivity (Wildman–Crippen MR) is 30.5 cm³/mol. The molecule has 0 aliphatic carbocycles. The second-order valence-electron chi connectivity index (χ2n) is 1.09. The Morgan fingerprint density at radius 2 is 2.57 bits per heavy atom. The fraction of sp³-hybridized carbons (Fsp3) is 0.250. The molecule has 40 valence electrons. The van der Waals surface area contributed by atoms with Gasteiger partial charge in [-0.15, -0.1) is 6.58 Å². The molecule has 0 radical (unpaired) electrons. The minimum Gasteiger partial charge on any atom is -0.521 e. The van der Waals surface area contributed by atoms with Crippen molar-refractivity contribution < 1.29 is 9.22 Å². The van der Waals surface area contributed by atoms with E-state index in [1.54, 1.807) is 5.70 Å². The number of carbonyl (C=O) groups is 1. The van der Waals surface area contributed by atoms with Gasteiger partial charge < -0.3 is 4.43 Å². The summed E-state index contributed by atoms with van der Waals surface area (Å²) in [6.07, 6.45) is 0. The van der Waals surface area contributed by atoms with Gasteiger partial charge in [0.25, 0.3) is 5.97 Å². The Morgan fingerprint density at radius 1 is 2.00 bits per heavy atom. The van der Waals surface area contributed by atoms with Gasteiger partial charge in [0.05, 0.1) is 0 Å². The zero-order valence-corrected chi connectivity index (χ0v) is 5.72. The molecule has 2 nitrogen and oxygen atoms in total. The summed E-state index contributed by atoms with van der Waals surface area (Å²) in [7, 11) is -0.711. The molecule has 0 aromatic rings. The Bertz CT molecular complexity index is 79.8. The monoisotopic (exact) mass is 116 g/mol. The molecule has 0 heterocycles. The van der Waals surface area contributed by atoms with E-state index in [0.29, 0.717) is 0 Å². The standard InChI is InChI=1S/C4H8O2Si/c1-3-7-6-4(2)5/h3H,1,7H2,2H3. The Kier molecular flexibility index (Phi) is 3.32. The molecule has 3 heteroatoms. The van der Waals surface area contributed by atoms with Crippen LogP contribution in [0.1, 0.15) is 6.92 Å². The average molecular weight is 116 g/mol. The van der Waals surface area contributed by atoms with Crippen molar-refractivity contribution in [2.45, 2.75) is 6.92 Å². The van der Waals surface area contributed by atoms with E-state index in [1.165, 1.54) is 6.92 Å². The lowest BCUT2D eigenvalue weighted by atomic mass is 10.9. The number of rotatable bonds is 2. The molecule has 0 fully saturated rings. The summed E-state index contributed by atoms with van der Waals surface area (Å²) in [5.74, 6) is -0.202. The number of hydrogen-bond acceptors (Lipinski definition) is 2. The molecule has 0 aromatic carbocycles. The molecule has 0 rings (SSSR count). The SMILES string of the molecule is C=C[SiH2]OC(C)=O. The van der Waals surface area contributed by atoms with E-state index in [1.807, 2.05) is 0 Å². The molecule has 7 heavy (non-hydrogen) atoms. The molecule has 0 bridgehead atoms. The third-order valence-corrected chi connectivity index (χ3v) is 1.21. The van der Waals surface area contributed by atoms with E-state index in [-0.39, 0.29) is 5.97 Å². The van der Waals surface area contributed by atoms with Crippen LogP contribution < -0.4 is 0 Å². The minimum absolute atomic E-state index is 0.202. The van der Waals surface area contributed by atoms with Gasteiger partial charge in [0, 0.05) is 6.92 Å². The maximum absolute atomic E-state index is 9.97. The quantitative estimate of drug-likeness (QED) is 0.466. The zero-order valence-electron chi connectivity index (χ0n) is 4.31. The van der Waals surface area contributed by atoms with Gasteiger partial charge in [-0.1, -0.05) is 5.70 Å². The van der Waals surface area contributed by atoms with Gasteiger partial charge in [-0.05, 0) is 0 Å². The van der Waals surface area contributed by atoms with E-state index < -0.39 is 9.76 Å². The van der Waals surface area contributed by atoms with Gasteiger partial charge in [0.2, 0.25) is 9.76 Å². The molecule has 0 saturated carbocycles. The smallest absolute Gasteiger partial charge is 0.289 e. The van der Waals surface area contributed by atoms with Crippen LogP contribution in [0.3, 0.4) is 0 Å². The summed E-state index contributed by atoms with van der Waals surface area (Å²) in [4.78, 5) is 9.97. The van der Waals surface area contributed by atoms with Crippen LogP contribution in [0.15, 0.2) is 12.3 Å². The van der Waals surface area contributed by atoms with Gasteiger partial charge in [-0.25, -0.2) is 0 Å². The minimum atomic E-state index is -0.711. The summed E-state index contributed by atoms with van der Waals surface area (Å²) in [5, 5.41) is 0. The van der Waals surface area contributed by atoms with Gasteiger partial charge in [-0.3, -0.25) is 4.79 Å². The highest BCUT2D eigenvalue weighted by Crippen LogP contribution is 1.69. The highest BCUT2D eigenvalue weighted by molar-refractivity contribution is 6.36. The molecule has 0 spiro atoms. The van der Waals surface area contributed by atoms with Crippen molar-refractivity contribution in [3.63, 3.8) is 0 Å². The van der Waals surface area contributed by atoms with Crippen LogP contribution in [0.25, 0.3) is 0 Å². The molecule has 0 unspecified atom stereocenters. The molecule has 0 aliphatic rings. The molecule has 0 aliphatic heterocycles. The van der Waals surface area contributed by atoms with Crippen LogP contribution in [0.2, 0.25) is 0 Å². The topological polar surface area (TPSA) is 26.3 Å². The van der Waals surface area contributed by atoms with Crippen molar-refractivity contribution in [3.8, 4) is 0 Å². The van der Waals surface area contributed by atoms with Gasteiger partial charge in [-0.2, -0.15) is 0 Å². The Hall–Kier alpha value is -0.573. The van der Waals surface area contributed by atoms with Crippen LogP contribution in [-0.4, -0.2) is 15.7 Å². The van der Waals surface area contributed by atoms with Crippen LogP contribution in [0, 0.1) is 0 Å². The summed E-state index contributed by atoms with van der Waals surface area (Å²) in [6, 6.07) is 0. The lowest BCUT2D eigenvalue weighted by Gasteiger charge is -1.91. The van der Waals surface area contributed by atoms with Crippen molar-refractivity contribution in [2.24, 2.45) is 0 Å². The first kappa shape index (κ1) is 6.43. The first-order valence-electron chi connectivity index (χ1n) is 2.01. The third-order valence-electron chi connectivity index (χ3n) is 0.404. The zero-order chi connectivity index (χ0) is 5.70. The second kappa shape index (κ2) is 3.61. The first-order valence-corrected chi connectivity index (χ1v) is 3.41. The Morgan fingerprint density at radius 3 is 2.71 bits per heavy atom. The largest absolute Gasteiger partial charge is 0.521 e. The predicted octanol–water partition coefficient (Wildman–Crippen LogP) is -0.223. The maximum atomic E-state index is 9.97. The van der Waals surface area contributed by atoms with Crippen LogP contribution in [-0.2, 0) is 9.22 Å². The average Bonchev–Trinajstić information content (AvgIpc) is 1.61. The van der Waals surface area contributed by atoms with Gasteiger partial charge >= 0.3 is 0 Å². The normalized spacial score (nSPS) is 9.29. The highest BCUT2D eigenvalue weighted by Gasteiger charge is 1.84. The summed E-state index contributed by atoms with van der Waals surface area (Å²) in [5.41, 5.74) is 1.67. The molecule has 0 N–H and O–H groups in total. The van der Waals surface area contributed by atoms with E-state index in [2.05, 4.69) is 11.0 Å². The summed E-state index contributed by atoms with van der Waals surface area (Å²) < 4.78 is 4.57. The molecule has 0 atom stereocenters. The molecular weight excluding hydrogens is 108 g/mol. The summed E-state index contributed by atoms with van der Waals surface area (Å²) >= 11 is 0. The van der Waals surface area contributed by atoms with Crippen molar-refractivity contribution in [2.75, 3.05) is 0 Å². The fourth-order valence-corrected chi connectivity index (χ4v) is 0.529.